The van der Waals surface area contributed by atoms with Crippen molar-refractivity contribution in [2.24, 2.45) is 5.92 Å². The first-order valence-electron chi connectivity index (χ1n) is 7.20. The minimum Gasteiger partial charge on any atom is -0.383 e. The number of benzene rings is 1. The summed E-state index contributed by atoms with van der Waals surface area (Å²) in [7, 11) is 0. The maximum atomic E-state index is 12.3. The van der Waals surface area contributed by atoms with Crippen molar-refractivity contribution in [1.82, 2.24) is 5.32 Å². The predicted octanol–water partition coefficient (Wildman–Crippen LogP) is 1.51. The van der Waals surface area contributed by atoms with Crippen LogP contribution in [-0.4, -0.2) is 24.9 Å². The molecule has 5 nitrogen and oxygen atoms in total. The van der Waals surface area contributed by atoms with Crippen molar-refractivity contribution in [3.05, 3.63) is 23.8 Å². The molecule has 2 amide bonds. The van der Waals surface area contributed by atoms with E-state index in [2.05, 4.69) is 22.0 Å². The van der Waals surface area contributed by atoms with E-state index < -0.39 is 5.92 Å². The number of anilines is 2. The van der Waals surface area contributed by atoms with Crippen molar-refractivity contribution in [3.8, 4) is 0 Å². The van der Waals surface area contributed by atoms with Gasteiger partial charge in [0.05, 0.1) is 11.4 Å². The Kier molecular flexibility index (Phi) is 3.58. The van der Waals surface area contributed by atoms with Crippen molar-refractivity contribution < 1.29 is 9.59 Å². The first kappa shape index (κ1) is 13.0. The minimum absolute atomic E-state index is 0.161. The molecule has 0 radical (unpaired) electrons. The van der Waals surface area contributed by atoms with Gasteiger partial charge in [0, 0.05) is 13.1 Å². The topological polar surface area (TPSA) is 70.2 Å². The SMILES string of the molecule is O=C1NCCC[C@H]1C(=O)Nc1cccc2c1NCCC2. The van der Waals surface area contributed by atoms with E-state index in [1.165, 1.54) is 5.56 Å². The second-order valence-electron chi connectivity index (χ2n) is 5.35. The summed E-state index contributed by atoms with van der Waals surface area (Å²) in [6, 6.07) is 5.91. The molecule has 1 fully saturated rings. The number of carbonyl (C=O) groups is 2. The van der Waals surface area contributed by atoms with Gasteiger partial charge in [-0.2, -0.15) is 0 Å². The lowest BCUT2D eigenvalue weighted by molar-refractivity contribution is -0.134. The standard InChI is InChI=1S/C15H19N3O2/c19-14-11(6-3-9-17-14)15(20)18-12-7-1-4-10-5-2-8-16-13(10)12/h1,4,7,11,16H,2-3,5-6,8-9H2,(H,17,19)(H,18,20)/t11-/m1/s1. The summed E-state index contributed by atoms with van der Waals surface area (Å²) in [5.41, 5.74) is 3.01. The molecule has 1 aromatic carbocycles. The molecule has 20 heavy (non-hydrogen) atoms. The highest BCUT2D eigenvalue weighted by Gasteiger charge is 2.29. The monoisotopic (exact) mass is 273 g/mol. The smallest absolute Gasteiger partial charge is 0.237 e. The fraction of sp³-hybridized carbons (Fsp3) is 0.467. The van der Waals surface area contributed by atoms with Crippen molar-refractivity contribution in [2.45, 2.75) is 25.7 Å². The number of amides is 2. The maximum Gasteiger partial charge on any atom is 0.237 e. The number of nitrogens with one attached hydrogen (secondary N) is 3. The molecule has 2 aliphatic rings. The number of piperidine rings is 1. The average molecular weight is 273 g/mol. The number of para-hydroxylation sites is 1. The lowest BCUT2D eigenvalue weighted by Crippen LogP contribution is -2.42. The summed E-state index contributed by atoms with van der Waals surface area (Å²) in [4.78, 5) is 24.0. The maximum absolute atomic E-state index is 12.3. The van der Waals surface area contributed by atoms with Crippen LogP contribution in [0, 0.1) is 5.92 Å². The van der Waals surface area contributed by atoms with Crippen LogP contribution in [0.3, 0.4) is 0 Å². The van der Waals surface area contributed by atoms with Gasteiger partial charge in [0.1, 0.15) is 5.92 Å². The lowest BCUT2D eigenvalue weighted by Gasteiger charge is -2.24. The number of fused-ring (bicyclic) bond motifs is 1. The van der Waals surface area contributed by atoms with E-state index in [4.69, 9.17) is 0 Å². The van der Waals surface area contributed by atoms with E-state index in [0.29, 0.717) is 13.0 Å². The number of hydrogen-bond acceptors (Lipinski definition) is 3. The molecule has 1 saturated heterocycles. The highest BCUT2D eigenvalue weighted by molar-refractivity contribution is 6.08. The molecule has 106 valence electrons. The molecule has 5 heteroatoms. The van der Waals surface area contributed by atoms with Gasteiger partial charge >= 0.3 is 0 Å². The van der Waals surface area contributed by atoms with Crippen LogP contribution >= 0.6 is 0 Å². The largest absolute Gasteiger partial charge is 0.383 e. The van der Waals surface area contributed by atoms with E-state index in [9.17, 15) is 9.59 Å². The van der Waals surface area contributed by atoms with Crippen molar-refractivity contribution in [1.29, 1.82) is 0 Å². The molecule has 2 aliphatic heterocycles. The summed E-state index contributed by atoms with van der Waals surface area (Å²) in [6.45, 7) is 1.59. The Morgan fingerprint density at radius 1 is 1.20 bits per heavy atom. The summed E-state index contributed by atoms with van der Waals surface area (Å²) in [5.74, 6) is -0.933. The first-order valence-corrected chi connectivity index (χ1v) is 7.20. The van der Waals surface area contributed by atoms with Crippen LogP contribution in [0.4, 0.5) is 11.4 Å². The second-order valence-corrected chi connectivity index (χ2v) is 5.35. The van der Waals surface area contributed by atoms with E-state index in [0.717, 1.165) is 37.2 Å². The number of hydrogen-bond donors (Lipinski definition) is 3. The molecule has 0 aromatic heterocycles. The molecule has 0 saturated carbocycles. The molecule has 1 atom stereocenters. The third-order valence-electron chi connectivity index (χ3n) is 3.94. The van der Waals surface area contributed by atoms with Gasteiger partial charge in [-0.25, -0.2) is 0 Å². The Balaban J connectivity index is 1.77. The van der Waals surface area contributed by atoms with Gasteiger partial charge in [-0.3, -0.25) is 9.59 Å². The Morgan fingerprint density at radius 3 is 2.90 bits per heavy atom. The molecule has 3 N–H and O–H groups in total. The Morgan fingerprint density at radius 2 is 2.05 bits per heavy atom. The van der Waals surface area contributed by atoms with Crippen LogP contribution in [-0.2, 0) is 16.0 Å². The lowest BCUT2D eigenvalue weighted by atomic mass is 9.97. The zero-order valence-electron chi connectivity index (χ0n) is 11.4. The van der Waals surface area contributed by atoms with Crippen LogP contribution in [0.25, 0.3) is 0 Å². The molecule has 0 unspecified atom stereocenters. The Bertz CT molecular complexity index is 542. The third kappa shape index (κ3) is 2.48. The van der Waals surface area contributed by atoms with Crippen LogP contribution in [0.15, 0.2) is 18.2 Å². The summed E-state index contributed by atoms with van der Waals surface area (Å²) < 4.78 is 0. The molecular weight excluding hydrogens is 254 g/mol. The van der Waals surface area contributed by atoms with Gasteiger partial charge in [-0.05, 0) is 37.3 Å². The van der Waals surface area contributed by atoms with Crippen LogP contribution in [0.1, 0.15) is 24.8 Å². The second kappa shape index (κ2) is 5.53. The highest BCUT2D eigenvalue weighted by Crippen LogP contribution is 2.30. The quantitative estimate of drug-likeness (QED) is 0.715. The van der Waals surface area contributed by atoms with Crippen molar-refractivity contribution in [2.75, 3.05) is 23.7 Å². The molecule has 2 heterocycles. The summed E-state index contributed by atoms with van der Waals surface area (Å²) in [6.07, 6.45) is 3.61. The summed E-state index contributed by atoms with van der Waals surface area (Å²) >= 11 is 0. The molecule has 0 bridgehead atoms. The van der Waals surface area contributed by atoms with Gasteiger partial charge in [-0.15, -0.1) is 0 Å². The van der Waals surface area contributed by atoms with Crippen LogP contribution in [0.5, 0.6) is 0 Å². The van der Waals surface area contributed by atoms with Crippen molar-refractivity contribution >= 4 is 23.2 Å². The van der Waals surface area contributed by atoms with Gasteiger partial charge < -0.3 is 16.0 Å². The molecule has 0 spiro atoms. The van der Waals surface area contributed by atoms with Gasteiger partial charge in [-0.1, -0.05) is 12.1 Å². The van der Waals surface area contributed by atoms with E-state index in [1.54, 1.807) is 0 Å². The van der Waals surface area contributed by atoms with Crippen molar-refractivity contribution in [3.63, 3.8) is 0 Å². The summed E-state index contributed by atoms with van der Waals surface area (Å²) in [5, 5.41) is 8.99. The fourth-order valence-electron chi connectivity index (χ4n) is 2.86. The molecule has 3 rings (SSSR count). The predicted molar refractivity (Wildman–Crippen MR) is 77.6 cm³/mol. The number of aryl methyl sites for hydroxylation is 1. The van der Waals surface area contributed by atoms with Gasteiger partial charge in [0.2, 0.25) is 11.8 Å². The minimum atomic E-state index is -0.566. The van der Waals surface area contributed by atoms with Gasteiger partial charge in [0.25, 0.3) is 0 Å². The van der Waals surface area contributed by atoms with Crippen LogP contribution in [0.2, 0.25) is 0 Å². The number of carbonyl (C=O) groups excluding carboxylic acids is 2. The van der Waals surface area contributed by atoms with E-state index in [1.807, 2.05) is 12.1 Å². The zero-order valence-corrected chi connectivity index (χ0v) is 11.4. The third-order valence-corrected chi connectivity index (χ3v) is 3.94. The van der Waals surface area contributed by atoms with E-state index in [-0.39, 0.29) is 11.8 Å². The zero-order chi connectivity index (χ0) is 13.9. The molecule has 0 aliphatic carbocycles. The van der Waals surface area contributed by atoms with E-state index >= 15 is 0 Å². The first-order chi connectivity index (χ1) is 9.75. The molecular formula is C15H19N3O2. The Labute approximate surface area is 118 Å². The highest BCUT2D eigenvalue weighted by atomic mass is 16.2. The van der Waals surface area contributed by atoms with Crippen LogP contribution < -0.4 is 16.0 Å². The Hall–Kier alpha value is -2.04. The normalized spacial score (nSPS) is 21.4. The molecule has 1 aromatic rings. The fourth-order valence-corrected chi connectivity index (χ4v) is 2.86. The number of rotatable bonds is 2. The van der Waals surface area contributed by atoms with Gasteiger partial charge in [0.15, 0.2) is 0 Å². The average Bonchev–Trinajstić information content (AvgIpc) is 2.48.